The summed E-state index contributed by atoms with van der Waals surface area (Å²) in [7, 11) is 0. The topological polar surface area (TPSA) is 97.7 Å². The van der Waals surface area contributed by atoms with Crippen LogP contribution < -0.4 is 10.1 Å². The number of anilines is 1. The maximum Gasteiger partial charge on any atom is 0.338 e. The van der Waals surface area contributed by atoms with E-state index in [4.69, 9.17) is 14.2 Å². The number of esters is 1. The molecule has 2 aromatic rings. The highest BCUT2D eigenvalue weighted by Crippen LogP contribution is 2.39. The van der Waals surface area contributed by atoms with E-state index in [1.54, 1.807) is 24.3 Å². The van der Waals surface area contributed by atoms with E-state index in [0.29, 0.717) is 34.4 Å². The number of hydrogen-bond acceptors (Lipinski definition) is 7. The van der Waals surface area contributed by atoms with E-state index in [-0.39, 0.29) is 6.10 Å². The fraction of sp³-hybridized carbons (Fsp3) is 0.458. The summed E-state index contributed by atoms with van der Waals surface area (Å²) in [6, 6.07) is 8.82. The number of ether oxygens (including phenoxy) is 3. The van der Waals surface area contributed by atoms with Gasteiger partial charge in [-0.3, -0.25) is 4.79 Å². The highest BCUT2D eigenvalue weighted by molar-refractivity contribution is 7.16. The molecule has 1 N–H and O–H groups in total. The molecule has 1 aromatic carbocycles. The van der Waals surface area contributed by atoms with Crippen LogP contribution in [-0.2, 0) is 27.1 Å². The number of nitrogens with zero attached hydrogens (tertiary/aromatic N) is 1. The van der Waals surface area contributed by atoms with Gasteiger partial charge in [0.15, 0.2) is 6.61 Å². The van der Waals surface area contributed by atoms with Gasteiger partial charge in [-0.25, -0.2) is 4.79 Å². The Hall–Kier alpha value is -2.89. The van der Waals surface area contributed by atoms with Gasteiger partial charge < -0.3 is 19.5 Å². The Labute approximate surface area is 191 Å². The third-order valence-electron chi connectivity index (χ3n) is 5.76. The number of thiophene rings is 1. The summed E-state index contributed by atoms with van der Waals surface area (Å²) in [5.74, 6) is 0.170. The van der Waals surface area contributed by atoms with Gasteiger partial charge in [0.2, 0.25) is 0 Å². The number of carbonyl (C=O) groups excluding carboxylic acids is 2. The predicted octanol–water partition coefficient (Wildman–Crippen LogP) is 4.10. The smallest absolute Gasteiger partial charge is 0.338 e. The van der Waals surface area contributed by atoms with E-state index in [2.05, 4.69) is 18.3 Å². The summed E-state index contributed by atoms with van der Waals surface area (Å²) in [6.07, 6.45) is 4.99. The van der Waals surface area contributed by atoms with Crippen molar-refractivity contribution in [2.24, 2.45) is 5.92 Å². The number of rotatable bonds is 7. The quantitative estimate of drug-likeness (QED) is 0.633. The SMILES string of the molecule is C[C@H]1CCc2c(sc(NC(=O)COC(=O)c3ccc(OC[C@@H]4CCCO4)cc3)c2C#N)C1. The second-order valence-corrected chi connectivity index (χ2v) is 9.37. The molecule has 0 radical (unpaired) electrons. The van der Waals surface area contributed by atoms with Crippen LogP contribution in [0.25, 0.3) is 0 Å². The molecule has 1 amide bonds. The van der Waals surface area contributed by atoms with Gasteiger partial charge in [-0.05, 0) is 67.9 Å². The minimum atomic E-state index is -0.592. The summed E-state index contributed by atoms with van der Waals surface area (Å²) in [4.78, 5) is 25.8. The van der Waals surface area contributed by atoms with Crippen molar-refractivity contribution in [1.29, 1.82) is 5.26 Å². The van der Waals surface area contributed by atoms with E-state index < -0.39 is 18.5 Å². The van der Waals surface area contributed by atoms with Crippen LogP contribution in [0.15, 0.2) is 24.3 Å². The first-order valence-corrected chi connectivity index (χ1v) is 11.7. The minimum absolute atomic E-state index is 0.122. The van der Waals surface area contributed by atoms with Crippen molar-refractivity contribution in [1.82, 2.24) is 0 Å². The molecule has 1 aliphatic carbocycles. The normalized spacial score (nSPS) is 19.6. The fourth-order valence-corrected chi connectivity index (χ4v) is 5.36. The van der Waals surface area contributed by atoms with Crippen molar-refractivity contribution in [2.45, 2.75) is 45.1 Å². The maximum absolute atomic E-state index is 12.3. The zero-order valence-corrected chi connectivity index (χ0v) is 18.8. The minimum Gasteiger partial charge on any atom is -0.491 e. The number of carbonyl (C=O) groups is 2. The average molecular weight is 455 g/mol. The molecule has 1 aliphatic heterocycles. The number of nitriles is 1. The Bertz CT molecular complexity index is 1020. The summed E-state index contributed by atoms with van der Waals surface area (Å²) in [6.45, 7) is 3.03. The van der Waals surface area contributed by atoms with E-state index in [0.717, 1.165) is 49.2 Å². The molecule has 0 spiro atoms. The van der Waals surface area contributed by atoms with E-state index in [9.17, 15) is 14.9 Å². The number of benzene rings is 1. The fourth-order valence-electron chi connectivity index (χ4n) is 3.99. The Kier molecular flexibility index (Phi) is 7.08. The van der Waals surface area contributed by atoms with Crippen LogP contribution >= 0.6 is 11.3 Å². The molecule has 2 aliphatic rings. The standard InChI is InChI=1S/C24H26N2O5S/c1-15-4-9-19-20(12-25)23(32-21(19)11-15)26-22(27)14-31-24(28)16-5-7-17(8-6-16)30-13-18-3-2-10-29-18/h5-8,15,18H,2-4,9-11,13-14H2,1H3,(H,26,27)/t15-,18-/m0/s1. The number of hydrogen-bond donors (Lipinski definition) is 1. The molecular weight excluding hydrogens is 428 g/mol. The first-order chi connectivity index (χ1) is 15.5. The summed E-state index contributed by atoms with van der Waals surface area (Å²) in [5.41, 5.74) is 1.92. The molecule has 2 heterocycles. The molecule has 32 heavy (non-hydrogen) atoms. The summed E-state index contributed by atoms with van der Waals surface area (Å²) in [5, 5.41) is 12.8. The largest absolute Gasteiger partial charge is 0.491 e. The lowest BCUT2D eigenvalue weighted by molar-refractivity contribution is -0.119. The second kappa shape index (κ2) is 10.2. The molecule has 1 fully saturated rings. The highest BCUT2D eigenvalue weighted by atomic mass is 32.1. The Morgan fingerprint density at radius 2 is 2.09 bits per heavy atom. The monoisotopic (exact) mass is 454 g/mol. The Morgan fingerprint density at radius 1 is 1.28 bits per heavy atom. The van der Waals surface area contributed by atoms with E-state index >= 15 is 0 Å². The van der Waals surface area contributed by atoms with Gasteiger partial charge in [0.25, 0.3) is 5.91 Å². The molecule has 4 rings (SSSR count). The molecule has 0 unspecified atom stereocenters. The molecule has 7 nitrogen and oxygen atoms in total. The lowest BCUT2D eigenvalue weighted by Crippen LogP contribution is -2.21. The van der Waals surface area contributed by atoms with Gasteiger partial charge in [-0.1, -0.05) is 6.92 Å². The molecule has 1 saturated heterocycles. The van der Waals surface area contributed by atoms with Crippen LogP contribution in [0.2, 0.25) is 0 Å². The summed E-state index contributed by atoms with van der Waals surface area (Å²) >= 11 is 1.45. The molecular formula is C24H26N2O5S. The zero-order valence-electron chi connectivity index (χ0n) is 18.0. The van der Waals surface area contributed by atoms with Crippen LogP contribution in [0.1, 0.15) is 52.5 Å². The zero-order chi connectivity index (χ0) is 22.5. The van der Waals surface area contributed by atoms with Gasteiger partial charge in [0.1, 0.15) is 23.4 Å². The van der Waals surface area contributed by atoms with E-state index in [1.165, 1.54) is 11.3 Å². The third-order valence-corrected chi connectivity index (χ3v) is 6.93. The molecule has 0 bridgehead atoms. The van der Waals surface area contributed by atoms with Crippen molar-refractivity contribution in [3.05, 3.63) is 45.8 Å². The highest BCUT2D eigenvalue weighted by Gasteiger charge is 2.25. The van der Waals surface area contributed by atoms with Crippen molar-refractivity contribution >= 4 is 28.2 Å². The molecule has 168 valence electrons. The first kappa shape index (κ1) is 22.3. The number of nitrogens with one attached hydrogen (secondary N) is 1. The lowest BCUT2D eigenvalue weighted by atomic mass is 9.89. The van der Waals surface area contributed by atoms with Gasteiger partial charge >= 0.3 is 5.97 Å². The van der Waals surface area contributed by atoms with Crippen LogP contribution in [0, 0.1) is 17.2 Å². The summed E-state index contributed by atoms with van der Waals surface area (Å²) < 4.78 is 16.4. The predicted molar refractivity (Wildman–Crippen MR) is 120 cm³/mol. The van der Waals surface area contributed by atoms with Crippen molar-refractivity contribution in [3.8, 4) is 11.8 Å². The van der Waals surface area contributed by atoms with Gasteiger partial charge in [0, 0.05) is 11.5 Å². The Morgan fingerprint density at radius 3 is 2.81 bits per heavy atom. The van der Waals surface area contributed by atoms with Crippen LogP contribution in [0.4, 0.5) is 5.00 Å². The average Bonchev–Trinajstić information content (AvgIpc) is 3.43. The molecule has 8 heteroatoms. The molecule has 1 aromatic heterocycles. The Balaban J connectivity index is 1.28. The second-order valence-electron chi connectivity index (χ2n) is 8.26. The van der Waals surface area contributed by atoms with Crippen LogP contribution in [0.5, 0.6) is 5.75 Å². The molecule has 0 saturated carbocycles. The van der Waals surface area contributed by atoms with Gasteiger partial charge in [0.05, 0.1) is 17.2 Å². The molecule has 2 atom stereocenters. The van der Waals surface area contributed by atoms with Gasteiger partial charge in [-0.2, -0.15) is 5.26 Å². The van der Waals surface area contributed by atoms with Crippen molar-refractivity contribution < 1.29 is 23.8 Å². The maximum atomic E-state index is 12.3. The van der Waals surface area contributed by atoms with Crippen LogP contribution in [0.3, 0.4) is 0 Å². The first-order valence-electron chi connectivity index (χ1n) is 10.9. The number of fused-ring (bicyclic) bond motifs is 1. The lowest BCUT2D eigenvalue weighted by Gasteiger charge is -2.17. The van der Waals surface area contributed by atoms with Crippen molar-refractivity contribution in [3.63, 3.8) is 0 Å². The van der Waals surface area contributed by atoms with E-state index in [1.807, 2.05) is 0 Å². The van der Waals surface area contributed by atoms with Crippen molar-refractivity contribution in [2.75, 3.05) is 25.1 Å². The number of amides is 1. The van der Waals surface area contributed by atoms with Gasteiger partial charge in [-0.15, -0.1) is 11.3 Å². The third kappa shape index (κ3) is 5.29. The van der Waals surface area contributed by atoms with Crippen LogP contribution in [-0.4, -0.2) is 37.8 Å².